The Labute approximate surface area is 99.6 Å². The van der Waals surface area contributed by atoms with Gasteiger partial charge in [0.25, 0.3) is 0 Å². The third kappa shape index (κ3) is 4.10. The lowest BCUT2D eigenvalue weighted by atomic mass is 10.2. The topological polar surface area (TPSA) is 29.1 Å². The summed E-state index contributed by atoms with van der Waals surface area (Å²) in [4.78, 5) is 11.4. The van der Waals surface area contributed by atoms with Gasteiger partial charge in [-0.15, -0.1) is 11.6 Å². The maximum atomic E-state index is 11.4. The van der Waals surface area contributed by atoms with Crippen LogP contribution in [0.2, 0.25) is 5.02 Å². The summed E-state index contributed by atoms with van der Waals surface area (Å²) in [7, 11) is 0. The van der Waals surface area contributed by atoms with E-state index in [-0.39, 0.29) is 5.91 Å². The van der Waals surface area contributed by atoms with Crippen LogP contribution in [0.5, 0.6) is 0 Å². The third-order valence-corrected chi connectivity index (χ3v) is 2.50. The van der Waals surface area contributed by atoms with Crippen LogP contribution in [0.1, 0.15) is 18.4 Å². The van der Waals surface area contributed by atoms with Crippen molar-refractivity contribution in [1.29, 1.82) is 0 Å². The number of alkyl halides is 1. The molecule has 0 aliphatic carbocycles. The number of hydrogen-bond donors (Lipinski definition) is 1. The van der Waals surface area contributed by atoms with Gasteiger partial charge in [0.05, 0.1) is 0 Å². The molecule has 0 heterocycles. The monoisotopic (exact) mass is 245 g/mol. The van der Waals surface area contributed by atoms with Gasteiger partial charge >= 0.3 is 0 Å². The lowest BCUT2D eigenvalue weighted by Gasteiger charge is -2.07. The van der Waals surface area contributed by atoms with Crippen LogP contribution >= 0.6 is 23.2 Å². The fourth-order valence-corrected chi connectivity index (χ4v) is 1.57. The first kappa shape index (κ1) is 12.3. The summed E-state index contributed by atoms with van der Waals surface area (Å²) in [5, 5.41) is 3.49. The van der Waals surface area contributed by atoms with Gasteiger partial charge in [0.1, 0.15) is 0 Å². The number of carbonyl (C=O) groups is 1. The number of rotatable bonds is 4. The standard InChI is InChI=1S/C11H13Cl2NO/c1-8-7-9(13)4-5-10(8)14-11(15)3-2-6-12/h4-5,7H,2-3,6H2,1H3,(H,14,15). The number of benzene rings is 1. The zero-order valence-corrected chi connectivity index (χ0v) is 10.0. The molecule has 4 heteroatoms. The van der Waals surface area contributed by atoms with Crippen LogP contribution in [0.3, 0.4) is 0 Å². The molecular formula is C11H13Cl2NO. The van der Waals surface area contributed by atoms with Gasteiger partial charge in [0.15, 0.2) is 0 Å². The quantitative estimate of drug-likeness (QED) is 0.808. The zero-order valence-electron chi connectivity index (χ0n) is 8.52. The predicted octanol–water partition coefficient (Wildman–Crippen LogP) is 3.61. The molecule has 1 aromatic rings. The first-order chi connectivity index (χ1) is 7.13. The molecule has 0 atom stereocenters. The second-order valence-corrected chi connectivity index (χ2v) is 4.11. The fraction of sp³-hybridized carbons (Fsp3) is 0.364. The van der Waals surface area contributed by atoms with Crippen molar-refractivity contribution in [3.05, 3.63) is 28.8 Å². The molecule has 1 aromatic carbocycles. The Kier molecular flexibility index (Phi) is 4.92. The van der Waals surface area contributed by atoms with Crippen molar-refractivity contribution < 1.29 is 4.79 Å². The molecule has 0 aliphatic heterocycles. The largest absolute Gasteiger partial charge is 0.326 e. The van der Waals surface area contributed by atoms with Crippen molar-refractivity contribution in [3.63, 3.8) is 0 Å². The van der Waals surface area contributed by atoms with Gasteiger partial charge in [-0.25, -0.2) is 0 Å². The smallest absolute Gasteiger partial charge is 0.224 e. The van der Waals surface area contributed by atoms with Gasteiger partial charge in [-0.2, -0.15) is 0 Å². The minimum absolute atomic E-state index is 0.0129. The van der Waals surface area contributed by atoms with E-state index in [0.717, 1.165) is 11.3 Å². The summed E-state index contributed by atoms with van der Waals surface area (Å²) >= 11 is 11.3. The Morgan fingerprint density at radius 2 is 2.20 bits per heavy atom. The average Bonchev–Trinajstić information content (AvgIpc) is 2.19. The summed E-state index contributed by atoms with van der Waals surface area (Å²) < 4.78 is 0. The van der Waals surface area contributed by atoms with Gasteiger partial charge in [-0.1, -0.05) is 11.6 Å². The van der Waals surface area contributed by atoms with Crippen LogP contribution in [-0.4, -0.2) is 11.8 Å². The molecule has 0 radical (unpaired) electrons. The highest BCUT2D eigenvalue weighted by Gasteiger charge is 2.04. The van der Waals surface area contributed by atoms with Crippen molar-refractivity contribution in [3.8, 4) is 0 Å². The van der Waals surface area contributed by atoms with E-state index in [1.54, 1.807) is 12.1 Å². The molecular weight excluding hydrogens is 233 g/mol. The zero-order chi connectivity index (χ0) is 11.3. The minimum atomic E-state index is -0.0129. The molecule has 1 rings (SSSR count). The number of aryl methyl sites for hydroxylation is 1. The number of nitrogens with one attached hydrogen (secondary N) is 1. The SMILES string of the molecule is Cc1cc(Cl)ccc1NC(=O)CCCCl. The number of halogens is 2. The third-order valence-electron chi connectivity index (χ3n) is 2.00. The Morgan fingerprint density at radius 1 is 1.47 bits per heavy atom. The molecule has 0 aromatic heterocycles. The number of amides is 1. The Balaban J connectivity index is 2.60. The van der Waals surface area contributed by atoms with Crippen molar-refractivity contribution in [2.75, 3.05) is 11.2 Å². The van der Waals surface area contributed by atoms with E-state index in [1.807, 2.05) is 13.0 Å². The highest BCUT2D eigenvalue weighted by atomic mass is 35.5. The number of carbonyl (C=O) groups excluding carboxylic acids is 1. The molecule has 0 aliphatic rings. The molecule has 0 saturated carbocycles. The maximum Gasteiger partial charge on any atom is 0.224 e. The van der Waals surface area contributed by atoms with E-state index >= 15 is 0 Å². The van der Waals surface area contributed by atoms with Gasteiger partial charge in [0, 0.05) is 23.0 Å². The van der Waals surface area contributed by atoms with Crippen LogP contribution < -0.4 is 5.32 Å². The molecule has 82 valence electrons. The Bertz CT molecular complexity index is 352. The van der Waals surface area contributed by atoms with Crippen molar-refractivity contribution in [1.82, 2.24) is 0 Å². The van der Waals surface area contributed by atoms with Gasteiger partial charge in [-0.05, 0) is 37.1 Å². The van der Waals surface area contributed by atoms with Crippen molar-refractivity contribution in [2.45, 2.75) is 19.8 Å². The maximum absolute atomic E-state index is 11.4. The Hall–Kier alpha value is -0.730. The van der Waals surface area contributed by atoms with Crippen LogP contribution in [-0.2, 0) is 4.79 Å². The highest BCUT2D eigenvalue weighted by molar-refractivity contribution is 6.30. The lowest BCUT2D eigenvalue weighted by Crippen LogP contribution is -2.12. The van der Waals surface area contributed by atoms with E-state index < -0.39 is 0 Å². The molecule has 1 N–H and O–H groups in total. The van der Waals surface area contributed by atoms with E-state index in [9.17, 15) is 4.79 Å². The normalized spacial score (nSPS) is 10.1. The van der Waals surface area contributed by atoms with Gasteiger partial charge < -0.3 is 5.32 Å². The summed E-state index contributed by atoms with van der Waals surface area (Å²) in [6.07, 6.45) is 1.14. The number of hydrogen-bond acceptors (Lipinski definition) is 1. The minimum Gasteiger partial charge on any atom is -0.326 e. The van der Waals surface area contributed by atoms with Crippen molar-refractivity contribution >= 4 is 34.8 Å². The van der Waals surface area contributed by atoms with E-state index in [1.165, 1.54) is 0 Å². The summed E-state index contributed by atoms with van der Waals surface area (Å²) in [6.45, 7) is 1.91. The van der Waals surface area contributed by atoms with Gasteiger partial charge in [-0.3, -0.25) is 4.79 Å². The molecule has 1 amide bonds. The van der Waals surface area contributed by atoms with Crippen LogP contribution in [0.4, 0.5) is 5.69 Å². The first-order valence-electron chi connectivity index (χ1n) is 4.75. The molecule has 0 fully saturated rings. The fourth-order valence-electron chi connectivity index (χ4n) is 1.21. The highest BCUT2D eigenvalue weighted by Crippen LogP contribution is 2.19. The van der Waals surface area contributed by atoms with Crippen LogP contribution in [0.25, 0.3) is 0 Å². The van der Waals surface area contributed by atoms with Crippen LogP contribution in [0.15, 0.2) is 18.2 Å². The van der Waals surface area contributed by atoms with Crippen molar-refractivity contribution in [2.24, 2.45) is 0 Å². The molecule has 0 spiro atoms. The number of anilines is 1. The molecule has 2 nitrogen and oxygen atoms in total. The second kappa shape index (κ2) is 5.99. The van der Waals surface area contributed by atoms with Gasteiger partial charge in [0.2, 0.25) is 5.91 Å². The molecule has 0 bridgehead atoms. The molecule has 0 saturated heterocycles. The molecule has 15 heavy (non-hydrogen) atoms. The molecule has 0 unspecified atom stereocenters. The predicted molar refractivity (Wildman–Crippen MR) is 64.8 cm³/mol. The first-order valence-corrected chi connectivity index (χ1v) is 5.66. The summed E-state index contributed by atoms with van der Waals surface area (Å²) in [5.41, 5.74) is 1.76. The Morgan fingerprint density at radius 3 is 2.80 bits per heavy atom. The van der Waals surface area contributed by atoms with Crippen LogP contribution in [0, 0.1) is 6.92 Å². The van der Waals surface area contributed by atoms with E-state index in [0.29, 0.717) is 23.7 Å². The lowest BCUT2D eigenvalue weighted by molar-refractivity contribution is -0.116. The summed E-state index contributed by atoms with van der Waals surface area (Å²) in [6, 6.07) is 5.38. The van der Waals surface area contributed by atoms with E-state index in [2.05, 4.69) is 5.32 Å². The summed E-state index contributed by atoms with van der Waals surface area (Å²) in [5.74, 6) is 0.494. The second-order valence-electron chi connectivity index (χ2n) is 3.30. The average molecular weight is 246 g/mol. The van der Waals surface area contributed by atoms with E-state index in [4.69, 9.17) is 23.2 Å².